The van der Waals surface area contributed by atoms with Crippen LogP contribution in [0.1, 0.15) is 17.2 Å². The van der Waals surface area contributed by atoms with Crippen LogP contribution >= 0.6 is 0 Å². The van der Waals surface area contributed by atoms with Crippen molar-refractivity contribution < 1.29 is 14.3 Å². The SMILES string of the molecule is COc1ccccc1CC(=O)N[C@H](C(N)=O)c1ccccc1. The monoisotopic (exact) mass is 298 g/mol. The lowest BCUT2D eigenvalue weighted by Crippen LogP contribution is -2.38. The fraction of sp³-hybridized carbons (Fsp3) is 0.176. The van der Waals surface area contributed by atoms with E-state index in [4.69, 9.17) is 10.5 Å². The molecular weight excluding hydrogens is 280 g/mol. The molecule has 114 valence electrons. The van der Waals surface area contributed by atoms with Gasteiger partial charge in [-0.05, 0) is 11.6 Å². The molecule has 0 aliphatic heterocycles. The highest BCUT2D eigenvalue weighted by Gasteiger charge is 2.20. The smallest absolute Gasteiger partial charge is 0.244 e. The number of primary amides is 1. The number of nitrogens with one attached hydrogen (secondary N) is 1. The van der Waals surface area contributed by atoms with Gasteiger partial charge in [0, 0.05) is 5.56 Å². The standard InChI is InChI=1S/C17H18N2O3/c1-22-14-10-6-5-9-13(14)11-15(20)19-16(17(18)21)12-7-3-2-4-8-12/h2-10,16H,11H2,1H3,(H2,18,21)(H,19,20)/t16-/m0/s1. The lowest BCUT2D eigenvalue weighted by molar-refractivity contribution is -0.127. The van der Waals surface area contributed by atoms with E-state index in [0.717, 1.165) is 5.56 Å². The van der Waals surface area contributed by atoms with E-state index in [0.29, 0.717) is 11.3 Å². The van der Waals surface area contributed by atoms with Gasteiger partial charge in [0.05, 0.1) is 13.5 Å². The molecule has 5 heteroatoms. The summed E-state index contributed by atoms with van der Waals surface area (Å²) in [4.78, 5) is 23.8. The average molecular weight is 298 g/mol. The molecule has 0 radical (unpaired) electrons. The Balaban J connectivity index is 2.11. The average Bonchev–Trinajstić information content (AvgIpc) is 2.53. The molecule has 0 saturated heterocycles. The van der Waals surface area contributed by atoms with E-state index in [9.17, 15) is 9.59 Å². The predicted octanol–water partition coefficient (Wildman–Crippen LogP) is 1.58. The van der Waals surface area contributed by atoms with Gasteiger partial charge >= 0.3 is 0 Å². The van der Waals surface area contributed by atoms with Gasteiger partial charge in [0.2, 0.25) is 11.8 Å². The predicted molar refractivity (Wildman–Crippen MR) is 83.2 cm³/mol. The van der Waals surface area contributed by atoms with Gasteiger partial charge in [-0.25, -0.2) is 0 Å². The number of carbonyl (C=O) groups excluding carboxylic acids is 2. The Morgan fingerprint density at radius 3 is 2.36 bits per heavy atom. The minimum Gasteiger partial charge on any atom is -0.496 e. The summed E-state index contributed by atoms with van der Waals surface area (Å²) in [6, 6.07) is 15.3. The third-order valence-electron chi connectivity index (χ3n) is 3.27. The molecule has 0 spiro atoms. The molecule has 0 unspecified atom stereocenters. The second-order valence-electron chi connectivity index (χ2n) is 4.80. The van der Waals surface area contributed by atoms with Crippen molar-refractivity contribution in [3.8, 4) is 5.75 Å². The first kappa shape index (κ1) is 15.6. The second kappa shape index (κ2) is 7.26. The lowest BCUT2D eigenvalue weighted by atomic mass is 10.1. The first-order chi connectivity index (χ1) is 10.6. The van der Waals surface area contributed by atoms with Gasteiger partial charge in [-0.15, -0.1) is 0 Å². The number of rotatable bonds is 6. The maximum atomic E-state index is 12.2. The molecule has 0 aromatic heterocycles. The van der Waals surface area contributed by atoms with Gasteiger partial charge in [-0.1, -0.05) is 48.5 Å². The van der Waals surface area contributed by atoms with Gasteiger partial charge in [0.25, 0.3) is 0 Å². The van der Waals surface area contributed by atoms with E-state index in [2.05, 4.69) is 5.32 Å². The number of hydrogen-bond acceptors (Lipinski definition) is 3. The summed E-state index contributed by atoms with van der Waals surface area (Å²) in [5.41, 5.74) is 6.79. The van der Waals surface area contributed by atoms with Crippen LogP contribution in [0.4, 0.5) is 0 Å². The Hall–Kier alpha value is -2.82. The third kappa shape index (κ3) is 3.85. The van der Waals surface area contributed by atoms with E-state index in [1.807, 2.05) is 18.2 Å². The van der Waals surface area contributed by atoms with Crippen LogP contribution in [0.5, 0.6) is 5.75 Å². The van der Waals surface area contributed by atoms with Crippen molar-refractivity contribution in [1.29, 1.82) is 0 Å². The van der Waals surface area contributed by atoms with Crippen molar-refractivity contribution in [3.63, 3.8) is 0 Å². The minimum absolute atomic E-state index is 0.112. The molecule has 22 heavy (non-hydrogen) atoms. The molecule has 5 nitrogen and oxygen atoms in total. The zero-order valence-corrected chi connectivity index (χ0v) is 12.3. The lowest BCUT2D eigenvalue weighted by Gasteiger charge is -2.16. The number of hydrogen-bond donors (Lipinski definition) is 2. The molecule has 1 atom stereocenters. The summed E-state index contributed by atoms with van der Waals surface area (Å²) >= 11 is 0. The highest BCUT2D eigenvalue weighted by Crippen LogP contribution is 2.18. The van der Waals surface area contributed by atoms with Crippen molar-refractivity contribution in [2.75, 3.05) is 7.11 Å². The molecule has 2 rings (SSSR count). The normalized spacial score (nSPS) is 11.5. The third-order valence-corrected chi connectivity index (χ3v) is 3.27. The molecule has 2 aromatic carbocycles. The Kier molecular flexibility index (Phi) is 5.14. The molecule has 0 saturated carbocycles. The summed E-state index contributed by atoms with van der Waals surface area (Å²) in [7, 11) is 1.55. The number of para-hydroxylation sites is 1. The summed E-state index contributed by atoms with van der Waals surface area (Å²) in [6.45, 7) is 0. The number of carbonyl (C=O) groups is 2. The van der Waals surface area contributed by atoms with Crippen molar-refractivity contribution in [2.24, 2.45) is 5.73 Å². The van der Waals surface area contributed by atoms with Gasteiger partial charge in [-0.2, -0.15) is 0 Å². The fourth-order valence-electron chi connectivity index (χ4n) is 2.20. The van der Waals surface area contributed by atoms with Crippen LogP contribution in [0.2, 0.25) is 0 Å². The Morgan fingerprint density at radius 2 is 1.73 bits per heavy atom. The van der Waals surface area contributed by atoms with Crippen molar-refractivity contribution in [3.05, 3.63) is 65.7 Å². The molecule has 0 fully saturated rings. The first-order valence-electron chi connectivity index (χ1n) is 6.87. The fourth-order valence-corrected chi connectivity index (χ4v) is 2.20. The van der Waals surface area contributed by atoms with Crippen LogP contribution in [0.15, 0.2) is 54.6 Å². The van der Waals surface area contributed by atoms with E-state index >= 15 is 0 Å². The summed E-state index contributed by atoms with van der Waals surface area (Å²) in [5.74, 6) is -0.260. The van der Waals surface area contributed by atoms with Gasteiger partial charge in [-0.3, -0.25) is 9.59 Å². The largest absolute Gasteiger partial charge is 0.496 e. The quantitative estimate of drug-likeness (QED) is 0.849. The maximum absolute atomic E-state index is 12.2. The highest BCUT2D eigenvalue weighted by molar-refractivity contribution is 5.88. The Bertz CT molecular complexity index is 656. The Morgan fingerprint density at radius 1 is 1.09 bits per heavy atom. The number of methoxy groups -OCH3 is 1. The molecule has 2 aromatic rings. The molecule has 0 heterocycles. The molecular formula is C17H18N2O3. The minimum atomic E-state index is -0.844. The van der Waals surface area contributed by atoms with E-state index < -0.39 is 11.9 Å². The topological polar surface area (TPSA) is 81.4 Å². The zero-order chi connectivity index (χ0) is 15.9. The van der Waals surface area contributed by atoms with Crippen molar-refractivity contribution in [1.82, 2.24) is 5.32 Å². The molecule has 3 N–H and O–H groups in total. The van der Waals surface area contributed by atoms with E-state index in [-0.39, 0.29) is 12.3 Å². The van der Waals surface area contributed by atoms with Gasteiger partial charge < -0.3 is 15.8 Å². The van der Waals surface area contributed by atoms with Crippen LogP contribution in [0, 0.1) is 0 Å². The van der Waals surface area contributed by atoms with Crippen molar-refractivity contribution >= 4 is 11.8 Å². The van der Waals surface area contributed by atoms with Crippen LogP contribution in [-0.4, -0.2) is 18.9 Å². The molecule has 0 aliphatic carbocycles. The highest BCUT2D eigenvalue weighted by atomic mass is 16.5. The number of benzene rings is 2. The van der Waals surface area contributed by atoms with Crippen molar-refractivity contribution in [2.45, 2.75) is 12.5 Å². The summed E-state index contributed by atoms with van der Waals surface area (Å²) < 4.78 is 5.21. The van der Waals surface area contributed by atoms with Gasteiger partial charge in [0.15, 0.2) is 0 Å². The molecule has 0 aliphatic rings. The van der Waals surface area contributed by atoms with E-state index in [1.165, 1.54) is 0 Å². The first-order valence-corrected chi connectivity index (χ1v) is 6.87. The van der Waals surface area contributed by atoms with Crippen LogP contribution < -0.4 is 15.8 Å². The summed E-state index contributed by atoms with van der Waals surface area (Å²) in [6.07, 6.45) is 0.112. The zero-order valence-electron chi connectivity index (χ0n) is 12.3. The number of ether oxygens (including phenoxy) is 1. The maximum Gasteiger partial charge on any atom is 0.244 e. The second-order valence-corrected chi connectivity index (χ2v) is 4.80. The summed E-state index contributed by atoms with van der Waals surface area (Å²) in [5, 5.41) is 2.66. The van der Waals surface area contributed by atoms with E-state index in [1.54, 1.807) is 43.5 Å². The Labute approximate surface area is 129 Å². The van der Waals surface area contributed by atoms with Crippen LogP contribution in [-0.2, 0) is 16.0 Å². The molecule has 2 amide bonds. The number of nitrogens with two attached hydrogens (primary N) is 1. The van der Waals surface area contributed by atoms with Crippen LogP contribution in [0.25, 0.3) is 0 Å². The van der Waals surface area contributed by atoms with Gasteiger partial charge in [0.1, 0.15) is 11.8 Å². The number of amides is 2. The molecule has 0 bridgehead atoms. The van der Waals surface area contributed by atoms with Crippen LogP contribution in [0.3, 0.4) is 0 Å².